The second-order valence-electron chi connectivity index (χ2n) is 3.01. The van der Waals surface area contributed by atoms with Gasteiger partial charge in [0.25, 0.3) is 0 Å². The van der Waals surface area contributed by atoms with E-state index in [1.165, 1.54) is 6.07 Å². The van der Waals surface area contributed by atoms with E-state index in [2.05, 4.69) is 15.9 Å². The Labute approximate surface area is 94.1 Å². The third-order valence-electron chi connectivity index (χ3n) is 2.07. The molecular formula is C9H9BrFNO3. The summed E-state index contributed by atoms with van der Waals surface area (Å²) in [5, 5.41) is 8.61. The quantitative estimate of drug-likeness (QED) is 0.810. The summed E-state index contributed by atoms with van der Waals surface area (Å²) < 4.78 is 24.6. The fourth-order valence-corrected chi connectivity index (χ4v) is 1.88. The predicted molar refractivity (Wildman–Crippen MR) is 53.7 cm³/mol. The molecule has 1 heterocycles. The molecule has 0 saturated heterocycles. The molecule has 1 aliphatic rings. The first-order chi connectivity index (χ1) is 7.24. The molecule has 0 aromatic heterocycles. The van der Waals surface area contributed by atoms with Crippen molar-refractivity contribution in [3.63, 3.8) is 0 Å². The normalized spacial score (nSPS) is 14.1. The molecule has 0 amide bonds. The number of halogens is 2. The zero-order valence-corrected chi connectivity index (χ0v) is 9.30. The van der Waals surface area contributed by atoms with Crippen LogP contribution in [0.5, 0.6) is 11.5 Å². The van der Waals surface area contributed by atoms with Crippen LogP contribution in [0.4, 0.5) is 4.39 Å². The van der Waals surface area contributed by atoms with Crippen LogP contribution in [-0.4, -0.2) is 18.4 Å². The molecule has 4 nitrogen and oxygen atoms in total. The minimum atomic E-state index is -0.458. The molecule has 0 spiro atoms. The average molecular weight is 278 g/mol. The number of nitrogens with one attached hydrogen (secondary N) is 1. The van der Waals surface area contributed by atoms with Gasteiger partial charge in [-0.1, -0.05) is 0 Å². The highest BCUT2D eigenvalue weighted by atomic mass is 79.9. The molecule has 0 unspecified atom stereocenters. The fourth-order valence-electron chi connectivity index (χ4n) is 1.43. The SMILES string of the molecule is ONCc1c(F)c(Br)cc2c1OCCO2. The molecule has 0 saturated carbocycles. The van der Waals surface area contributed by atoms with Crippen LogP contribution in [0, 0.1) is 5.82 Å². The first-order valence-electron chi connectivity index (χ1n) is 4.37. The summed E-state index contributed by atoms with van der Waals surface area (Å²) in [6.45, 7) is 0.792. The number of hydroxylamine groups is 1. The van der Waals surface area contributed by atoms with E-state index in [1.54, 1.807) is 0 Å². The van der Waals surface area contributed by atoms with Crippen molar-refractivity contribution < 1.29 is 19.1 Å². The molecule has 6 heteroatoms. The molecule has 0 atom stereocenters. The number of ether oxygens (including phenoxy) is 2. The largest absolute Gasteiger partial charge is 0.486 e. The van der Waals surface area contributed by atoms with Gasteiger partial charge < -0.3 is 14.7 Å². The highest BCUT2D eigenvalue weighted by Crippen LogP contribution is 2.39. The zero-order valence-electron chi connectivity index (χ0n) is 7.72. The third kappa shape index (κ3) is 1.92. The number of hydrogen-bond donors (Lipinski definition) is 2. The maximum atomic E-state index is 13.6. The molecule has 2 N–H and O–H groups in total. The molecule has 82 valence electrons. The van der Waals surface area contributed by atoms with Gasteiger partial charge in [0.1, 0.15) is 19.0 Å². The Morgan fingerprint density at radius 2 is 2.20 bits per heavy atom. The van der Waals surface area contributed by atoms with Crippen LogP contribution in [0.15, 0.2) is 10.5 Å². The lowest BCUT2D eigenvalue weighted by Crippen LogP contribution is -2.19. The van der Waals surface area contributed by atoms with Crippen LogP contribution < -0.4 is 15.0 Å². The summed E-state index contributed by atoms with van der Waals surface area (Å²) in [4.78, 5) is 0. The minimum Gasteiger partial charge on any atom is -0.486 e. The summed E-state index contributed by atoms with van der Waals surface area (Å²) in [7, 11) is 0. The molecule has 0 radical (unpaired) electrons. The van der Waals surface area contributed by atoms with Crippen molar-refractivity contribution in [2.45, 2.75) is 6.54 Å². The van der Waals surface area contributed by atoms with E-state index in [9.17, 15) is 4.39 Å². The number of benzene rings is 1. The van der Waals surface area contributed by atoms with Gasteiger partial charge >= 0.3 is 0 Å². The van der Waals surface area contributed by atoms with Crippen LogP contribution in [0.2, 0.25) is 0 Å². The lowest BCUT2D eigenvalue weighted by atomic mass is 10.1. The number of hydrogen-bond acceptors (Lipinski definition) is 4. The second kappa shape index (κ2) is 4.34. The lowest BCUT2D eigenvalue weighted by Gasteiger charge is -2.21. The van der Waals surface area contributed by atoms with E-state index in [1.807, 2.05) is 5.48 Å². The van der Waals surface area contributed by atoms with E-state index >= 15 is 0 Å². The molecule has 0 bridgehead atoms. The molecule has 0 fully saturated rings. The van der Waals surface area contributed by atoms with Gasteiger partial charge in [-0.25, -0.2) is 9.87 Å². The first-order valence-corrected chi connectivity index (χ1v) is 5.16. The maximum absolute atomic E-state index is 13.6. The van der Waals surface area contributed by atoms with Crippen LogP contribution in [0.25, 0.3) is 0 Å². The van der Waals surface area contributed by atoms with Crippen LogP contribution in [-0.2, 0) is 6.54 Å². The Kier molecular flexibility index (Phi) is 3.08. The number of fused-ring (bicyclic) bond motifs is 1. The zero-order chi connectivity index (χ0) is 10.8. The Bertz CT molecular complexity index is 386. The van der Waals surface area contributed by atoms with Gasteiger partial charge in [0.15, 0.2) is 11.5 Å². The van der Waals surface area contributed by atoms with Crippen LogP contribution in [0.3, 0.4) is 0 Å². The van der Waals surface area contributed by atoms with Crippen molar-refractivity contribution in [2.75, 3.05) is 13.2 Å². The average Bonchev–Trinajstić information content (AvgIpc) is 2.25. The molecular weight excluding hydrogens is 269 g/mol. The van der Waals surface area contributed by atoms with Gasteiger partial charge in [0.2, 0.25) is 0 Å². The van der Waals surface area contributed by atoms with E-state index in [0.29, 0.717) is 24.7 Å². The Hall–Kier alpha value is -0.850. The van der Waals surface area contributed by atoms with E-state index < -0.39 is 5.82 Å². The van der Waals surface area contributed by atoms with Crippen molar-refractivity contribution in [2.24, 2.45) is 0 Å². The monoisotopic (exact) mass is 277 g/mol. The molecule has 15 heavy (non-hydrogen) atoms. The summed E-state index contributed by atoms with van der Waals surface area (Å²) in [5.74, 6) is 0.379. The summed E-state index contributed by atoms with van der Waals surface area (Å²) in [6.07, 6.45) is 0. The number of rotatable bonds is 2. The smallest absolute Gasteiger partial charge is 0.168 e. The van der Waals surface area contributed by atoms with Crippen molar-refractivity contribution in [3.05, 3.63) is 21.9 Å². The second-order valence-corrected chi connectivity index (χ2v) is 3.86. The molecule has 1 aromatic rings. The van der Waals surface area contributed by atoms with Crippen LogP contribution >= 0.6 is 15.9 Å². The van der Waals surface area contributed by atoms with E-state index in [4.69, 9.17) is 14.7 Å². The van der Waals surface area contributed by atoms with Gasteiger partial charge in [-0.2, -0.15) is 0 Å². The maximum Gasteiger partial charge on any atom is 0.168 e. The summed E-state index contributed by atoms with van der Waals surface area (Å²) >= 11 is 3.08. The Balaban J connectivity index is 2.52. The topological polar surface area (TPSA) is 50.7 Å². The molecule has 0 aliphatic carbocycles. The van der Waals surface area contributed by atoms with Crippen molar-refractivity contribution in [1.29, 1.82) is 0 Å². The fraction of sp³-hybridized carbons (Fsp3) is 0.333. The van der Waals surface area contributed by atoms with Gasteiger partial charge in [-0.05, 0) is 15.9 Å². The molecule has 1 aromatic carbocycles. The highest BCUT2D eigenvalue weighted by Gasteiger charge is 2.21. The Morgan fingerprint density at radius 1 is 1.47 bits per heavy atom. The van der Waals surface area contributed by atoms with E-state index in [-0.39, 0.29) is 16.6 Å². The highest BCUT2D eigenvalue weighted by molar-refractivity contribution is 9.10. The van der Waals surface area contributed by atoms with Crippen LogP contribution in [0.1, 0.15) is 5.56 Å². The van der Waals surface area contributed by atoms with Crippen molar-refractivity contribution >= 4 is 15.9 Å². The third-order valence-corrected chi connectivity index (χ3v) is 2.65. The molecule has 2 rings (SSSR count). The summed E-state index contributed by atoms with van der Waals surface area (Å²) in [6, 6.07) is 1.52. The minimum absolute atomic E-state index is 0.0308. The lowest BCUT2D eigenvalue weighted by molar-refractivity contribution is 0.148. The predicted octanol–water partition coefficient (Wildman–Crippen LogP) is 1.84. The first kappa shape index (κ1) is 10.7. The van der Waals surface area contributed by atoms with Gasteiger partial charge in [0, 0.05) is 6.07 Å². The molecule has 1 aliphatic heterocycles. The Morgan fingerprint density at radius 3 is 2.93 bits per heavy atom. The van der Waals surface area contributed by atoms with E-state index in [0.717, 1.165) is 0 Å². The van der Waals surface area contributed by atoms with Crippen molar-refractivity contribution in [1.82, 2.24) is 5.48 Å². The van der Waals surface area contributed by atoms with Gasteiger partial charge in [0.05, 0.1) is 16.6 Å². The standard InChI is InChI=1S/C9H9BrFNO3/c10-6-3-7-9(15-2-1-14-7)5(4-12-13)8(6)11/h3,12-13H,1-2,4H2. The van der Waals surface area contributed by atoms with Crippen molar-refractivity contribution in [3.8, 4) is 11.5 Å². The summed E-state index contributed by atoms with van der Waals surface area (Å²) in [5.41, 5.74) is 2.16. The van der Waals surface area contributed by atoms with Gasteiger partial charge in [-0.3, -0.25) is 0 Å². The van der Waals surface area contributed by atoms with Gasteiger partial charge in [-0.15, -0.1) is 0 Å².